The summed E-state index contributed by atoms with van der Waals surface area (Å²) < 4.78 is 6.14. The van der Waals surface area contributed by atoms with E-state index in [0.29, 0.717) is 11.7 Å². The summed E-state index contributed by atoms with van der Waals surface area (Å²) in [7, 11) is 0. The van der Waals surface area contributed by atoms with Crippen molar-refractivity contribution >= 4 is 24.0 Å². The second kappa shape index (κ2) is 7.83. The average Bonchev–Trinajstić information content (AvgIpc) is 3.02. The first kappa shape index (κ1) is 19.4. The van der Waals surface area contributed by atoms with Crippen LogP contribution in [0, 0.1) is 5.41 Å². The molecule has 4 N–H and O–H groups in total. The number of nitrogens with zero attached hydrogens (tertiary/aromatic N) is 1. The monoisotopic (exact) mass is 393 g/mol. The molecule has 1 amide bonds. The van der Waals surface area contributed by atoms with Gasteiger partial charge >= 0.3 is 0 Å². The molecule has 4 rings (SSSR count). The molecule has 7 heteroatoms. The molecule has 0 atom stereocenters. The lowest BCUT2D eigenvalue weighted by molar-refractivity contribution is -0.112. The van der Waals surface area contributed by atoms with Crippen molar-refractivity contribution in [2.24, 2.45) is 4.99 Å². The minimum Gasteiger partial charge on any atom is -0.487 e. The molecule has 3 aliphatic heterocycles. The Morgan fingerprint density at radius 3 is 2.83 bits per heavy atom. The third-order valence-electron chi connectivity index (χ3n) is 5.51. The maximum atomic E-state index is 13.0. The third kappa shape index (κ3) is 4.10. The summed E-state index contributed by atoms with van der Waals surface area (Å²) >= 11 is 0. The van der Waals surface area contributed by atoms with Crippen LogP contribution < -0.4 is 20.7 Å². The molecule has 0 aromatic heterocycles. The quantitative estimate of drug-likeness (QED) is 0.467. The Balaban J connectivity index is 1.68. The zero-order valence-electron chi connectivity index (χ0n) is 16.8. The normalized spacial score (nSPS) is 21.7. The summed E-state index contributed by atoms with van der Waals surface area (Å²) in [6.45, 7) is 6.07. The van der Waals surface area contributed by atoms with Gasteiger partial charge in [-0.15, -0.1) is 0 Å². The Bertz CT molecular complexity index is 923. The Hall–Kier alpha value is -2.93. The summed E-state index contributed by atoms with van der Waals surface area (Å²) in [4.78, 5) is 17.2. The topological polar surface area (TPSA) is 98.6 Å². The van der Waals surface area contributed by atoms with E-state index < -0.39 is 0 Å². The number of hydrogen-bond donors (Lipinski definition) is 4. The smallest absolute Gasteiger partial charge is 0.260 e. The van der Waals surface area contributed by atoms with E-state index in [0.717, 1.165) is 61.1 Å². The first-order valence-electron chi connectivity index (χ1n) is 10.1. The molecule has 29 heavy (non-hydrogen) atoms. The molecule has 0 bridgehead atoms. The number of carbonyl (C=O) groups excluding carboxylic acids is 1. The first-order chi connectivity index (χ1) is 14.0. The van der Waals surface area contributed by atoms with E-state index in [-0.39, 0.29) is 17.1 Å². The number of carbonyl (C=O) groups is 1. The molecular formula is C22H27N5O2. The molecule has 0 saturated carbocycles. The van der Waals surface area contributed by atoms with Crippen molar-refractivity contribution in [3.05, 3.63) is 46.9 Å². The van der Waals surface area contributed by atoms with E-state index in [9.17, 15) is 4.79 Å². The van der Waals surface area contributed by atoms with E-state index in [1.54, 1.807) is 18.5 Å². The fraction of sp³-hybridized carbons (Fsp3) is 0.409. The van der Waals surface area contributed by atoms with Crippen LogP contribution in [0.3, 0.4) is 0 Å². The number of rotatable bonds is 4. The average molecular weight is 393 g/mol. The van der Waals surface area contributed by atoms with Gasteiger partial charge in [0.1, 0.15) is 17.2 Å². The molecule has 7 nitrogen and oxygen atoms in total. The van der Waals surface area contributed by atoms with Crippen LogP contribution in [0.4, 0.5) is 5.69 Å². The maximum Gasteiger partial charge on any atom is 0.260 e. The Morgan fingerprint density at radius 1 is 1.34 bits per heavy atom. The lowest BCUT2D eigenvalue weighted by Gasteiger charge is -2.26. The fourth-order valence-electron chi connectivity index (χ4n) is 4.15. The van der Waals surface area contributed by atoms with Crippen LogP contribution in [0.15, 0.2) is 40.8 Å². The van der Waals surface area contributed by atoms with Crippen molar-refractivity contribution in [2.45, 2.75) is 44.6 Å². The van der Waals surface area contributed by atoms with Crippen LogP contribution >= 0.6 is 0 Å². The van der Waals surface area contributed by atoms with Gasteiger partial charge in [0.05, 0.1) is 5.57 Å². The predicted molar refractivity (Wildman–Crippen MR) is 115 cm³/mol. The van der Waals surface area contributed by atoms with Crippen molar-refractivity contribution in [1.82, 2.24) is 10.6 Å². The number of aliphatic imine (C=N–C) groups is 1. The van der Waals surface area contributed by atoms with Crippen molar-refractivity contribution in [1.29, 1.82) is 5.41 Å². The highest BCUT2D eigenvalue weighted by Gasteiger charge is 2.32. The van der Waals surface area contributed by atoms with Crippen molar-refractivity contribution in [2.75, 3.05) is 18.4 Å². The van der Waals surface area contributed by atoms with E-state index >= 15 is 0 Å². The Labute approximate surface area is 170 Å². The van der Waals surface area contributed by atoms with Gasteiger partial charge in [-0.1, -0.05) is 0 Å². The number of hydrogen-bond acceptors (Lipinski definition) is 6. The van der Waals surface area contributed by atoms with Gasteiger partial charge in [-0.25, -0.2) is 4.99 Å². The van der Waals surface area contributed by atoms with E-state index in [1.807, 2.05) is 6.07 Å². The minimum absolute atomic E-state index is 0.193. The van der Waals surface area contributed by atoms with Crippen LogP contribution in [-0.4, -0.2) is 37.0 Å². The zero-order chi connectivity index (χ0) is 20.4. The molecule has 0 radical (unpaired) electrons. The summed E-state index contributed by atoms with van der Waals surface area (Å²) in [5.74, 6) is 1.29. The van der Waals surface area contributed by atoms with Gasteiger partial charge in [-0.2, -0.15) is 0 Å². The lowest BCUT2D eigenvalue weighted by Crippen LogP contribution is -2.28. The molecule has 1 aromatic rings. The van der Waals surface area contributed by atoms with E-state index in [4.69, 9.17) is 10.1 Å². The highest BCUT2D eigenvalue weighted by Crippen LogP contribution is 2.42. The Morgan fingerprint density at radius 2 is 2.14 bits per heavy atom. The molecule has 1 saturated heterocycles. The molecule has 3 heterocycles. The van der Waals surface area contributed by atoms with Crippen molar-refractivity contribution in [3.63, 3.8) is 0 Å². The largest absolute Gasteiger partial charge is 0.487 e. The van der Waals surface area contributed by atoms with Gasteiger partial charge in [-0.3, -0.25) is 4.79 Å². The summed E-state index contributed by atoms with van der Waals surface area (Å²) in [6, 6.07) is 4.15. The molecular weight excluding hydrogens is 366 g/mol. The summed E-state index contributed by atoms with van der Waals surface area (Å²) in [5, 5.41) is 17.1. The summed E-state index contributed by atoms with van der Waals surface area (Å²) in [6.07, 6.45) is 8.89. The van der Waals surface area contributed by atoms with Gasteiger partial charge in [0.15, 0.2) is 0 Å². The van der Waals surface area contributed by atoms with E-state index in [1.165, 1.54) is 0 Å². The number of anilines is 1. The molecule has 0 spiro atoms. The summed E-state index contributed by atoms with van der Waals surface area (Å²) in [5.41, 5.74) is 2.96. The maximum absolute atomic E-state index is 13.0. The highest BCUT2D eigenvalue weighted by atomic mass is 16.5. The zero-order valence-corrected chi connectivity index (χ0v) is 16.8. The second-order valence-electron chi connectivity index (χ2n) is 8.25. The van der Waals surface area contributed by atoms with Crippen molar-refractivity contribution in [3.8, 4) is 5.75 Å². The van der Waals surface area contributed by atoms with Gasteiger partial charge in [0.25, 0.3) is 5.91 Å². The molecule has 3 aliphatic rings. The van der Waals surface area contributed by atoms with Gasteiger partial charge in [0.2, 0.25) is 0 Å². The molecule has 1 fully saturated rings. The van der Waals surface area contributed by atoms with Crippen LogP contribution in [0.25, 0.3) is 0 Å². The number of benzene rings is 1. The van der Waals surface area contributed by atoms with Gasteiger partial charge in [0, 0.05) is 36.3 Å². The fourth-order valence-corrected chi connectivity index (χ4v) is 4.15. The molecule has 152 valence electrons. The number of fused-ring (bicyclic) bond motifs is 1. The van der Waals surface area contributed by atoms with Crippen LogP contribution in [0.5, 0.6) is 5.75 Å². The SMILES string of the molecule is CC1(C)Cc2cc(NC(=O)/C(C=N)=C3\N=CC=CN3)c(C3CCNCC3)cc2O1. The minimum atomic E-state index is -0.344. The van der Waals surface area contributed by atoms with Crippen LogP contribution in [-0.2, 0) is 11.2 Å². The van der Waals surface area contributed by atoms with Gasteiger partial charge in [-0.05, 0) is 69.5 Å². The van der Waals surface area contributed by atoms with Crippen LogP contribution in [0.2, 0.25) is 0 Å². The molecule has 1 aromatic carbocycles. The number of nitrogens with one attached hydrogen (secondary N) is 4. The first-order valence-corrected chi connectivity index (χ1v) is 10.1. The third-order valence-corrected chi connectivity index (χ3v) is 5.51. The van der Waals surface area contributed by atoms with Crippen LogP contribution in [0.1, 0.15) is 43.7 Å². The predicted octanol–water partition coefficient (Wildman–Crippen LogP) is 2.85. The van der Waals surface area contributed by atoms with E-state index in [2.05, 4.69) is 40.9 Å². The second-order valence-corrected chi connectivity index (χ2v) is 8.25. The Kier molecular flexibility index (Phi) is 5.24. The molecule has 0 aliphatic carbocycles. The number of allylic oxidation sites excluding steroid dienone is 1. The highest BCUT2D eigenvalue weighted by molar-refractivity contribution is 6.18. The van der Waals surface area contributed by atoms with Gasteiger partial charge < -0.3 is 26.1 Å². The standard InChI is InChI=1S/C22H27N5O2/c1-22(2)12-15-10-18(16(11-19(15)29-22)14-4-8-24-9-5-14)27-21(28)17(13-23)20-25-6-3-7-26-20/h3,6-7,10-11,13-14,23-25H,4-5,8-9,12H2,1-2H3,(H,27,28)/b20-17-,23-13?. The number of amides is 1. The molecule has 0 unspecified atom stereocenters. The lowest BCUT2D eigenvalue weighted by atomic mass is 9.87. The number of ether oxygens (including phenoxy) is 1. The van der Waals surface area contributed by atoms with Crippen molar-refractivity contribution < 1.29 is 9.53 Å². The number of piperidine rings is 1.